The number of nitrogens with two attached hydrogens (primary N) is 1. The van der Waals surface area contributed by atoms with Crippen LogP contribution in [0.1, 0.15) is 11.1 Å². The molecule has 0 radical (unpaired) electrons. The molecule has 0 spiro atoms. The van der Waals surface area contributed by atoms with Crippen molar-refractivity contribution in [3.05, 3.63) is 41.6 Å². The number of rotatable bonds is 2. The molecule has 0 aliphatic rings. The van der Waals surface area contributed by atoms with Crippen LogP contribution in [-0.2, 0) is 16.2 Å². The third kappa shape index (κ3) is 2.68. The minimum atomic E-state index is -4.67. The van der Waals surface area contributed by atoms with Crippen LogP contribution in [0.2, 0.25) is 0 Å². The molecule has 2 aromatic rings. The molecule has 2 N–H and O–H groups in total. The molecule has 2 rings (SSSR count). The van der Waals surface area contributed by atoms with Crippen LogP contribution in [0.5, 0.6) is 0 Å². The molecule has 1 heterocycles. The van der Waals surface area contributed by atoms with Crippen molar-refractivity contribution in [1.29, 1.82) is 5.26 Å². The van der Waals surface area contributed by atoms with E-state index in [0.29, 0.717) is 10.2 Å². The lowest BCUT2D eigenvalue weighted by molar-refractivity contribution is -0.137. The Hall–Kier alpha value is -2.54. The Labute approximate surface area is 117 Å². The molecule has 21 heavy (non-hydrogen) atoms. The second kappa shape index (κ2) is 4.78. The quantitative estimate of drug-likeness (QED) is 0.906. The van der Waals surface area contributed by atoms with Crippen molar-refractivity contribution < 1.29 is 21.6 Å². The summed E-state index contributed by atoms with van der Waals surface area (Å²) < 4.78 is 62.5. The Morgan fingerprint density at radius 3 is 2.52 bits per heavy atom. The number of halogens is 3. The van der Waals surface area contributed by atoms with E-state index in [1.807, 2.05) is 0 Å². The summed E-state index contributed by atoms with van der Waals surface area (Å²) in [4.78, 5) is -0.607. The predicted octanol–water partition coefficient (Wildman–Crippen LogP) is 1.59. The van der Waals surface area contributed by atoms with Gasteiger partial charge in [-0.3, -0.25) is 0 Å². The average Bonchev–Trinajstić information content (AvgIpc) is 2.80. The van der Waals surface area contributed by atoms with E-state index in [4.69, 9.17) is 11.0 Å². The Balaban J connectivity index is 2.57. The summed E-state index contributed by atoms with van der Waals surface area (Å²) in [6.07, 6.45) is -3.84. The van der Waals surface area contributed by atoms with Crippen molar-refractivity contribution in [2.45, 2.75) is 11.1 Å². The predicted molar refractivity (Wildman–Crippen MR) is 65.4 cm³/mol. The molecular weight excluding hydrogens is 309 g/mol. The third-order valence-electron chi connectivity index (χ3n) is 2.55. The molecule has 0 amide bonds. The first-order chi connectivity index (χ1) is 9.66. The van der Waals surface area contributed by atoms with Crippen molar-refractivity contribution in [3.63, 3.8) is 0 Å². The number of nitrogens with zero attached hydrogens (tertiary/aromatic N) is 3. The zero-order chi connectivity index (χ0) is 15.8. The summed E-state index contributed by atoms with van der Waals surface area (Å²) in [7, 11) is -4.36. The van der Waals surface area contributed by atoms with Crippen LogP contribution < -0.4 is 5.73 Å². The van der Waals surface area contributed by atoms with E-state index in [-0.39, 0.29) is 11.4 Å². The zero-order valence-corrected chi connectivity index (χ0v) is 11.0. The fourth-order valence-electron chi connectivity index (χ4n) is 1.52. The largest absolute Gasteiger partial charge is 0.416 e. The molecule has 0 aliphatic carbocycles. The number of anilines is 1. The molecule has 0 bridgehead atoms. The summed E-state index contributed by atoms with van der Waals surface area (Å²) in [6, 6.07) is 4.82. The number of hydrogen-bond acceptors (Lipinski definition) is 5. The minimum absolute atomic E-state index is 0.189. The molecule has 0 unspecified atom stereocenters. The Morgan fingerprint density at radius 1 is 1.33 bits per heavy atom. The lowest BCUT2D eigenvalue weighted by atomic mass is 10.2. The molecule has 0 atom stereocenters. The lowest BCUT2D eigenvalue weighted by Gasteiger charge is -2.09. The standard InChI is InChI=1S/C11H7F3N4O2S/c12-11(13,14)8-2-1-3-9(4-8)21(19,20)18-6-7(5-15)10(16)17-18/h1-4,6H,(H2,16,17). The van der Waals surface area contributed by atoms with Crippen molar-refractivity contribution in [1.82, 2.24) is 9.19 Å². The summed E-state index contributed by atoms with van der Waals surface area (Å²) in [5, 5.41) is 12.1. The second-order valence-corrected chi connectivity index (χ2v) is 5.74. The van der Waals surface area contributed by atoms with Gasteiger partial charge >= 0.3 is 6.18 Å². The summed E-state index contributed by atoms with van der Waals surface area (Å²) in [5.41, 5.74) is 4.03. The average molecular weight is 316 g/mol. The highest BCUT2D eigenvalue weighted by molar-refractivity contribution is 7.89. The number of nitriles is 1. The SMILES string of the molecule is N#Cc1cn(S(=O)(=O)c2cccc(C(F)(F)F)c2)nc1N. The van der Waals surface area contributed by atoms with Crippen LogP contribution >= 0.6 is 0 Å². The third-order valence-corrected chi connectivity index (χ3v) is 4.08. The van der Waals surface area contributed by atoms with Gasteiger partial charge in [0.25, 0.3) is 10.0 Å². The van der Waals surface area contributed by atoms with E-state index in [9.17, 15) is 21.6 Å². The monoisotopic (exact) mass is 316 g/mol. The Morgan fingerprint density at radius 2 is 2.00 bits per heavy atom. The summed E-state index contributed by atoms with van der Waals surface area (Å²) >= 11 is 0. The van der Waals surface area contributed by atoms with Gasteiger partial charge in [-0.15, -0.1) is 5.10 Å². The molecule has 10 heteroatoms. The van der Waals surface area contributed by atoms with Gasteiger partial charge in [-0.05, 0) is 18.2 Å². The van der Waals surface area contributed by atoms with Crippen molar-refractivity contribution in [3.8, 4) is 6.07 Å². The molecule has 0 saturated carbocycles. The smallest absolute Gasteiger partial charge is 0.381 e. The highest BCUT2D eigenvalue weighted by Crippen LogP contribution is 2.30. The number of hydrogen-bond donors (Lipinski definition) is 1. The maximum atomic E-state index is 12.6. The fourth-order valence-corrected chi connectivity index (χ4v) is 2.70. The number of alkyl halides is 3. The van der Waals surface area contributed by atoms with Crippen LogP contribution in [0.15, 0.2) is 35.4 Å². The van der Waals surface area contributed by atoms with Gasteiger partial charge < -0.3 is 5.73 Å². The first kappa shape index (κ1) is 14.9. The Bertz CT molecular complexity index is 834. The van der Waals surface area contributed by atoms with E-state index < -0.39 is 26.7 Å². The van der Waals surface area contributed by atoms with Gasteiger partial charge in [0.15, 0.2) is 5.82 Å². The first-order valence-corrected chi connectivity index (χ1v) is 6.78. The van der Waals surface area contributed by atoms with Gasteiger partial charge in [0.05, 0.1) is 16.7 Å². The van der Waals surface area contributed by atoms with E-state index in [2.05, 4.69) is 5.10 Å². The lowest BCUT2D eigenvalue weighted by Crippen LogP contribution is -2.15. The van der Waals surface area contributed by atoms with Crippen molar-refractivity contribution in [2.24, 2.45) is 0 Å². The van der Waals surface area contributed by atoms with Gasteiger partial charge in [-0.1, -0.05) is 6.07 Å². The van der Waals surface area contributed by atoms with Crippen molar-refractivity contribution >= 4 is 15.8 Å². The van der Waals surface area contributed by atoms with E-state index in [1.54, 1.807) is 6.07 Å². The summed E-state index contributed by atoms with van der Waals surface area (Å²) in [5.74, 6) is -0.326. The van der Waals surface area contributed by atoms with Gasteiger partial charge in [0.2, 0.25) is 0 Å². The van der Waals surface area contributed by atoms with Crippen LogP contribution in [0.3, 0.4) is 0 Å². The molecular formula is C11H7F3N4O2S. The van der Waals surface area contributed by atoms with Crippen LogP contribution in [-0.4, -0.2) is 17.6 Å². The molecule has 6 nitrogen and oxygen atoms in total. The highest BCUT2D eigenvalue weighted by Gasteiger charge is 2.32. The maximum absolute atomic E-state index is 12.6. The number of nitrogen functional groups attached to an aromatic ring is 1. The first-order valence-electron chi connectivity index (χ1n) is 5.34. The van der Waals surface area contributed by atoms with Gasteiger partial charge in [-0.2, -0.15) is 30.9 Å². The minimum Gasteiger partial charge on any atom is -0.381 e. The van der Waals surface area contributed by atoms with Gasteiger partial charge in [-0.25, -0.2) is 0 Å². The second-order valence-electron chi connectivity index (χ2n) is 3.94. The Kier molecular flexibility index (Phi) is 3.38. The summed E-state index contributed by atoms with van der Waals surface area (Å²) in [6.45, 7) is 0. The van der Waals surface area contributed by atoms with E-state index in [0.717, 1.165) is 24.4 Å². The fraction of sp³-hybridized carbons (Fsp3) is 0.0909. The van der Waals surface area contributed by atoms with E-state index in [1.165, 1.54) is 0 Å². The van der Waals surface area contributed by atoms with Crippen LogP contribution in [0, 0.1) is 11.3 Å². The van der Waals surface area contributed by atoms with E-state index >= 15 is 0 Å². The molecule has 110 valence electrons. The number of aromatic nitrogens is 2. The van der Waals surface area contributed by atoms with Crippen LogP contribution in [0.25, 0.3) is 0 Å². The van der Waals surface area contributed by atoms with Gasteiger partial charge in [0, 0.05) is 0 Å². The van der Waals surface area contributed by atoms with Gasteiger partial charge in [0.1, 0.15) is 11.6 Å². The molecule has 0 aliphatic heterocycles. The maximum Gasteiger partial charge on any atom is 0.416 e. The molecule has 0 saturated heterocycles. The highest BCUT2D eigenvalue weighted by atomic mass is 32.2. The molecule has 1 aromatic heterocycles. The normalized spacial score (nSPS) is 12.1. The number of benzene rings is 1. The molecule has 0 fully saturated rings. The van der Waals surface area contributed by atoms with Crippen LogP contribution in [0.4, 0.5) is 19.0 Å². The topological polar surface area (TPSA) is 102 Å². The molecule has 1 aromatic carbocycles. The zero-order valence-electron chi connectivity index (χ0n) is 10.2. The van der Waals surface area contributed by atoms with Crippen molar-refractivity contribution in [2.75, 3.05) is 5.73 Å².